The summed E-state index contributed by atoms with van der Waals surface area (Å²) in [5.41, 5.74) is 2.27. The molecular formula is C34H43N3O5S. The van der Waals surface area contributed by atoms with Crippen LogP contribution in [0.2, 0.25) is 0 Å². The molecule has 2 amide bonds. The molecule has 1 unspecified atom stereocenters. The van der Waals surface area contributed by atoms with Gasteiger partial charge in [-0.1, -0.05) is 74.2 Å². The molecule has 0 saturated heterocycles. The highest BCUT2D eigenvalue weighted by molar-refractivity contribution is 7.92. The molecule has 4 rings (SSSR count). The number of nitrogens with zero attached hydrogens (tertiary/aromatic N) is 2. The summed E-state index contributed by atoms with van der Waals surface area (Å²) in [7, 11) is -4.14. The van der Waals surface area contributed by atoms with Crippen LogP contribution in [0.5, 0.6) is 5.75 Å². The molecule has 3 aromatic carbocycles. The quantitative estimate of drug-likeness (QED) is 0.264. The van der Waals surface area contributed by atoms with Crippen molar-refractivity contribution in [1.29, 1.82) is 0 Å². The predicted molar refractivity (Wildman–Crippen MR) is 169 cm³/mol. The van der Waals surface area contributed by atoms with E-state index in [9.17, 15) is 18.0 Å². The fourth-order valence-corrected chi connectivity index (χ4v) is 7.01. The number of hydrogen-bond donors (Lipinski definition) is 1. The van der Waals surface area contributed by atoms with E-state index in [0.717, 1.165) is 41.1 Å². The number of aryl methyl sites for hydroxylation is 1. The molecule has 9 heteroatoms. The number of carbonyl (C=O) groups excluding carboxylic acids is 2. The van der Waals surface area contributed by atoms with E-state index in [4.69, 9.17) is 4.74 Å². The second-order valence-corrected chi connectivity index (χ2v) is 12.9. The molecule has 0 heterocycles. The first kappa shape index (κ1) is 32.1. The van der Waals surface area contributed by atoms with Crippen molar-refractivity contribution in [3.63, 3.8) is 0 Å². The summed E-state index contributed by atoms with van der Waals surface area (Å²) >= 11 is 0. The smallest absolute Gasteiger partial charge is 0.264 e. The first-order valence-electron chi connectivity index (χ1n) is 15.2. The molecular weight excluding hydrogens is 562 g/mol. The van der Waals surface area contributed by atoms with Crippen LogP contribution in [0.4, 0.5) is 5.69 Å². The number of hydrogen-bond acceptors (Lipinski definition) is 5. The Labute approximate surface area is 256 Å². The lowest BCUT2D eigenvalue weighted by atomic mass is 9.95. The van der Waals surface area contributed by atoms with E-state index in [0.29, 0.717) is 24.5 Å². The fourth-order valence-electron chi connectivity index (χ4n) is 5.60. The first-order chi connectivity index (χ1) is 20.7. The number of amides is 2. The fraction of sp³-hybridized carbons (Fsp3) is 0.412. The Balaban J connectivity index is 1.68. The maximum Gasteiger partial charge on any atom is 0.264 e. The monoisotopic (exact) mass is 605 g/mol. The minimum Gasteiger partial charge on any atom is -0.494 e. The van der Waals surface area contributed by atoms with Crippen LogP contribution in [-0.4, -0.2) is 50.4 Å². The highest BCUT2D eigenvalue weighted by Crippen LogP contribution is 2.26. The third-order valence-electron chi connectivity index (χ3n) is 7.82. The lowest BCUT2D eigenvalue weighted by Gasteiger charge is -2.34. The summed E-state index contributed by atoms with van der Waals surface area (Å²) in [5.74, 6) is -0.0931. The number of nitrogens with one attached hydrogen (secondary N) is 1. The Morgan fingerprint density at radius 3 is 2.26 bits per heavy atom. The van der Waals surface area contributed by atoms with Crippen LogP contribution in [0.25, 0.3) is 0 Å². The van der Waals surface area contributed by atoms with Gasteiger partial charge in [0.05, 0.1) is 17.2 Å². The van der Waals surface area contributed by atoms with Crippen molar-refractivity contribution in [2.24, 2.45) is 0 Å². The van der Waals surface area contributed by atoms with Gasteiger partial charge in [-0.05, 0) is 75.1 Å². The van der Waals surface area contributed by atoms with Gasteiger partial charge in [0.1, 0.15) is 18.3 Å². The zero-order chi connectivity index (χ0) is 30.8. The van der Waals surface area contributed by atoms with E-state index in [1.165, 1.54) is 23.5 Å². The summed E-state index contributed by atoms with van der Waals surface area (Å²) < 4.78 is 34.7. The van der Waals surface area contributed by atoms with Crippen molar-refractivity contribution < 1.29 is 22.7 Å². The summed E-state index contributed by atoms with van der Waals surface area (Å²) in [6, 6.07) is 21.9. The maximum absolute atomic E-state index is 14.3. The predicted octanol–water partition coefficient (Wildman–Crippen LogP) is 5.85. The Morgan fingerprint density at radius 1 is 0.930 bits per heavy atom. The SMILES string of the molecule is CCOc1ccc(S(=O)(=O)N(CC(=O)N(Cc2cccc(C)c2)C(CC)C(=O)NC2CCCCC2)c2ccccc2)cc1. The number of para-hydroxylation sites is 1. The summed E-state index contributed by atoms with van der Waals surface area (Å²) in [5, 5.41) is 3.18. The number of carbonyl (C=O) groups is 2. The van der Waals surface area contributed by atoms with Crippen LogP contribution in [0.15, 0.2) is 83.8 Å². The number of benzene rings is 3. The Morgan fingerprint density at radius 2 is 1.63 bits per heavy atom. The van der Waals surface area contributed by atoms with Gasteiger partial charge in [-0.15, -0.1) is 0 Å². The van der Waals surface area contributed by atoms with Gasteiger partial charge in [-0.3, -0.25) is 13.9 Å². The molecule has 0 aromatic heterocycles. The lowest BCUT2D eigenvalue weighted by molar-refractivity contribution is -0.140. The van der Waals surface area contributed by atoms with E-state index in [2.05, 4.69) is 5.32 Å². The van der Waals surface area contributed by atoms with E-state index in [-0.39, 0.29) is 23.4 Å². The molecule has 0 aliphatic heterocycles. The number of ether oxygens (including phenoxy) is 1. The molecule has 230 valence electrons. The van der Waals surface area contributed by atoms with Crippen LogP contribution >= 0.6 is 0 Å². The molecule has 1 aliphatic carbocycles. The second kappa shape index (κ2) is 15.0. The first-order valence-corrected chi connectivity index (χ1v) is 16.6. The normalized spacial score (nSPS) is 14.5. The second-order valence-electron chi connectivity index (χ2n) is 11.0. The zero-order valence-corrected chi connectivity index (χ0v) is 26.2. The summed E-state index contributed by atoms with van der Waals surface area (Å²) in [4.78, 5) is 29.5. The lowest BCUT2D eigenvalue weighted by Crippen LogP contribution is -2.54. The van der Waals surface area contributed by atoms with Crippen LogP contribution in [0.1, 0.15) is 63.5 Å². The van der Waals surface area contributed by atoms with Gasteiger partial charge in [0, 0.05) is 12.6 Å². The molecule has 43 heavy (non-hydrogen) atoms. The van der Waals surface area contributed by atoms with Crippen molar-refractivity contribution in [1.82, 2.24) is 10.2 Å². The van der Waals surface area contributed by atoms with Crippen molar-refractivity contribution in [2.45, 2.75) is 82.8 Å². The van der Waals surface area contributed by atoms with Gasteiger partial charge >= 0.3 is 0 Å². The molecule has 8 nitrogen and oxygen atoms in total. The molecule has 1 atom stereocenters. The average Bonchev–Trinajstić information content (AvgIpc) is 3.01. The number of sulfonamides is 1. The Kier molecular flexibility index (Phi) is 11.2. The standard InChI is InChI=1S/C34H43N3O5S/c1-4-32(34(39)35-28-15-8-6-9-16-28)36(24-27-14-12-13-26(3)23-27)33(38)25-37(29-17-10-7-11-18-29)43(40,41)31-21-19-30(20-22-31)42-5-2/h7,10-14,17-23,28,32H,4-6,8-9,15-16,24-25H2,1-3H3,(H,35,39). The van der Waals surface area contributed by atoms with Crippen molar-refractivity contribution in [2.75, 3.05) is 17.5 Å². The largest absolute Gasteiger partial charge is 0.494 e. The van der Waals surface area contributed by atoms with E-state index in [1.807, 2.05) is 45.0 Å². The van der Waals surface area contributed by atoms with E-state index < -0.39 is 28.5 Å². The molecule has 3 aromatic rings. The molecule has 1 N–H and O–H groups in total. The van der Waals surface area contributed by atoms with Gasteiger partial charge in [-0.2, -0.15) is 0 Å². The minimum atomic E-state index is -4.14. The summed E-state index contributed by atoms with van der Waals surface area (Å²) in [6.45, 7) is 5.90. The van der Waals surface area contributed by atoms with Crippen LogP contribution in [0, 0.1) is 6.92 Å². The van der Waals surface area contributed by atoms with Gasteiger partial charge in [0.25, 0.3) is 10.0 Å². The van der Waals surface area contributed by atoms with Crippen LogP contribution < -0.4 is 14.4 Å². The van der Waals surface area contributed by atoms with Gasteiger partial charge < -0.3 is 15.0 Å². The molecule has 0 radical (unpaired) electrons. The van der Waals surface area contributed by atoms with E-state index >= 15 is 0 Å². The maximum atomic E-state index is 14.3. The van der Waals surface area contributed by atoms with Crippen molar-refractivity contribution in [3.05, 3.63) is 90.0 Å². The third kappa shape index (κ3) is 8.38. The third-order valence-corrected chi connectivity index (χ3v) is 9.61. The minimum absolute atomic E-state index is 0.0416. The molecule has 1 fully saturated rings. The van der Waals surface area contributed by atoms with Crippen LogP contribution in [0.3, 0.4) is 0 Å². The average molecular weight is 606 g/mol. The van der Waals surface area contributed by atoms with E-state index in [1.54, 1.807) is 42.5 Å². The van der Waals surface area contributed by atoms with Gasteiger partial charge in [0.2, 0.25) is 11.8 Å². The van der Waals surface area contributed by atoms with Gasteiger partial charge in [0.15, 0.2) is 0 Å². The highest BCUT2D eigenvalue weighted by Gasteiger charge is 2.34. The highest BCUT2D eigenvalue weighted by atomic mass is 32.2. The molecule has 1 saturated carbocycles. The van der Waals surface area contributed by atoms with Crippen LogP contribution in [-0.2, 0) is 26.2 Å². The van der Waals surface area contributed by atoms with Crippen molar-refractivity contribution in [3.8, 4) is 5.75 Å². The zero-order valence-electron chi connectivity index (χ0n) is 25.4. The topological polar surface area (TPSA) is 96.0 Å². The Hall–Kier alpha value is -3.85. The Bertz CT molecular complexity index is 1450. The molecule has 0 bridgehead atoms. The number of rotatable bonds is 13. The van der Waals surface area contributed by atoms with Gasteiger partial charge in [-0.25, -0.2) is 8.42 Å². The van der Waals surface area contributed by atoms with Crippen molar-refractivity contribution >= 4 is 27.5 Å². The molecule has 1 aliphatic rings. The summed E-state index contributed by atoms with van der Waals surface area (Å²) in [6.07, 6.45) is 5.56. The molecule has 0 spiro atoms. The number of anilines is 1.